The first-order chi connectivity index (χ1) is 16.1. The number of hydrogen-bond donors (Lipinski definition) is 1. The van der Waals surface area contributed by atoms with Crippen molar-refractivity contribution in [2.75, 3.05) is 20.8 Å². The zero-order valence-corrected chi connectivity index (χ0v) is 24.6. The molecular weight excluding hydrogens is 509 g/mol. The molecule has 0 spiro atoms. The summed E-state index contributed by atoms with van der Waals surface area (Å²) in [5, 5.41) is 0. The predicted octanol–water partition coefficient (Wildman–Crippen LogP) is 3.12. The molecule has 0 aliphatic carbocycles. The lowest BCUT2D eigenvalue weighted by Gasteiger charge is -2.48. The van der Waals surface area contributed by atoms with Crippen LogP contribution < -0.4 is 0 Å². The molecule has 2 aromatic heterocycles. The fourth-order valence-corrected chi connectivity index (χ4v) is 19.9. The van der Waals surface area contributed by atoms with Crippen LogP contribution in [-0.2, 0) is 36.2 Å². The molecular formula is C20H34N2O8Si4. The van der Waals surface area contributed by atoms with Crippen molar-refractivity contribution in [3.05, 3.63) is 48.3 Å². The number of aryl methyl sites for hydroxylation is 1. The van der Waals surface area contributed by atoms with E-state index in [9.17, 15) is 4.80 Å². The number of nitrogens with zero attached hydrogens (tertiary/aromatic N) is 2. The van der Waals surface area contributed by atoms with Crippen LogP contribution in [0.5, 0.6) is 0 Å². The number of pyridine rings is 2. The van der Waals surface area contributed by atoms with Gasteiger partial charge in [0.2, 0.25) is 0 Å². The molecule has 1 saturated heterocycles. The molecule has 0 bridgehead atoms. The van der Waals surface area contributed by atoms with Crippen LogP contribution >= 0.6 is 0 Å². The Morgan fingerprint density at radius 1 is 1.00 bits per heavy atom. The third-order valence-corrected chi connectivity index (χ3v) is 19.9. The van der Waals surface area contributed by atoms with Crippen molar-refractivity contribution in [1.29, 1.82) is 0 Å². The second-order valence-corrected chi connectivity index (χ2v) is 19.7. The van der Waals surface area contributed by atoms with E-state index in [1.807, 2.05) is 37.3 Å². The van der Waals surface area contributed by atoms with Crippen LogP contribution in [0.4, 0.5) is 0 Å². The smallest absolute Gasteiger partial charge is 0.390 e. The SMILES string of the molecule is CCO[Si]1(CCCc2ccnc(-c3ccccn3)c2)O[Si](C)(OC)O[Si](C)(O[Si](C)(O)OC)O1. The zero-order chi connectivity index (χ0) is 24.9. The Bertz CT molecular complexity index is 942. The van der Waals surface area contributed by atoms with E-state index in [-0.39, 0.29) is 0 Å². The quantitative estimate of drug-likeness (QED) is 0.425. The highest BCUT2D eigenvalue weighted by Gasteiger charge is 2.65. The van der Waals surface area contributed by atoms with Gasteiger partial charge in [0.15, 0.2) is 0 Å². The van der Waals surface area contributed by atoms with Crippen molar-refractivity contribution in [1.82, 2.24) is 9.97 Å². The van der Waals surface area contributed by atoms with E-state index in [0.717, 1.165) is 29.8 Å². The highest BCUT2D eigenvalue weighted by molar-refractivity contribution is 6.90. The Balaban J connectivity index is 1.77. The second-order valence-electron chi connectivity index (χ2n) is 8.17. The molecule has 188 valence electrons. The van der Waals surface area contributed by atoms with E-state index in [1.165, 1.54) is 13.7 Å². The van der Waals surface area contributed by atoms with Gasteiger partial charge in [0, 0.05) is 58.9 Å². The van der Waals surface area contributed by atoms with Crippen LogP contribution in [0.2, 0.25) is 25.7 Å². The number of aromatic nitrogens is 2. The maximum Gasteiger partial charge on any atom is 0.487 e. The molecule has 0 saturated carbocycles. The highest BCUT2D eigenvalue weighted by atomic mass is 28.6. The minimum absolute atomic E-state index is 0.405. The Morgan fingerprint density at radius 3 is 2.38 bits per heavy atom. The summed E-state index contributed by atoms with van der Waals surface area (Å²) in [7, 11) is -10.3. The molecule has 34 heavy (non-hydrogen) atoms. The van der Waals surface area contributed by atoms with Crippen LogP contribution in [0.25, 0.3) is 11.4 Å². The third kappa shape index (κ3) is 7.18. The van der Waals surface area contributed by atoms with E-state index in [2.05, 4.69) is 9.97 Å². The van der Waals surface area contributed by atoms with Crippen LogP contribution in [-0.4, -0.2) is 70.8 Å². The largest absolute Gasteiger partial charge is 0.487 e. The molecule has 4 unspecified atom stereocenters. The zero-order valence-electron chi connectivity index (χ0n) is 20.6. The average molecular weight is 543 g/mol. The molecule has 1 fully saturated rings. The summed E-state index contributed by atoms with van der Waals surface area (Å²) in [4.78, 5) is 19.3. The maximum atomic E-state index is 10.5. The highest BCUT2D eigenvalue weighted by Crippen LogP contribution is 2.36. The van der Waals surface area contributed by atoms with Gasteiger partial charge in [0.25, 0.3) is 0 Å². The van der Waals surface area contributed by atoms with Gasteiger partial charge < -0.3 is 34.5 Å². The minimum Gasteiger partial charge on any atom is -0.390 e. The van der Waals surface area contributed by atoms with Gasteiger partial charge in [-0.25, -0.2) is 0 Å². The molecule has 2 aromatic rings. The van der Waals surface area contributed by atoms with Crippen molar-refractivity contribution >= 4 is 35.2 Å². The summed E-state index contributed by atoms with van der Waals surface area (Å²) in [5.74, 6) is 0. The lowest BCUT2D eigenvalue weighted by atomic mass is 10.1. The first-order valence-corrected chi connectivity index (χ1v) is 19.8. The Hall–Kier alpha value is -1.15. The molecule has 14 heteroatoms. The Labute approximate surface area is 205 Å². The van der Waals surface area contributed by atoms with E-state index in [1.54, 1.807) is 32.6 Å². The molecule has 0 amide bonds. The van der Waals surface area contributed by atoms with Gasteiger partial charge >= 0.3 is 35.2 Å². The Morgan fingerprint density at radius 2 is 1.74 bits per heavy atom. The molecule has 3 rings (SSSR count). The van der Waals surface area contributed by atoms with Gasteiger partial charge in [0.1, 0.15) is 0 Å². The van der Waals surface area contributed by atoms with E-state index in [0.29, 0.717) is 12.7 Å². The molecule has 3 heterocycles. The third-order valence-electron chi connectivity index (χ3n) is 5.24. The van der Waals surface area contributed by atoms with Crippen LogP contribution in [0.1, 0.15) is 18.9 Å². The number of rotatable bonds is 11. The fourth-order valence-electron chi connectivity index (χ4n) is 3.72. The van der Waals surface area contributed by atoms with E-state index >= 15 is 0 Å². The topological polar surface area (TPSA) is 111 Å². The van der Waals surface area contributed by atoms with Gasteiger partial charge in [-0.3, -0.25) is 9.97 Å². The first-order valence-electron chi connectivity index (χ1n) is 11.2. The molecule has 0 radical (unpaired) electrons. The summed E-state index contributed by atoms with van der Waals surface area (Å²) >= 11 is 0. The molecule has 4 atom stereocenters. The second kappa shape index (κ2) is 11.3. The lowest BCUT2D eigenvalue weighted by Crippen LogP contribution is -2.73. The first kappa shape index (κ1) is 27.4. The van der Waals surface area contributed by atoms with E-state index in [4.69, 9.17) is 29.7 Å². The van der Waals surface area contributed by atoms with Gasteiger partial charge in [-0.05, 0) is 49.6 Å². The summed E-state index contributed by atoms with van der Waals surface area (Å²) in [5.41, 5.74) is 2.78. The molecule has 1 aliphatic rings. The average Bonchev–Trinajstić information content (AvgIpc) is 2.79. The summed E-state index contributed by atoms with van der Waals surface area (Å²) in [6.45, 7) is 7.33. The van der Waals surface area contributed by atoms with Gasteiger partial charge in [-0.2, -0.15) is 0 Å². The minimum atomic E-state index is -3.44. The van der Waals surface area contributed by atoms with Crippen molar-refractivity contribution < 1.29 is 34.5 Å². The van der Waals surface area contributed by atoms with Crippen LogP contribution in [0, 0.1) is 0 Å². The maximum absolute atomic E-state index is 10.5. The van der Waals surface area contributed by atoms with E-state index < -0.39 is 35.2 Å². The van der Waals surface area contributed by atoms with Crippen LogP contribution in [0.3, 0.4) is 0 Å². The molecule has 10 nitrogen and oxygen atoms in total. The number of hydrogen-bond acceptors (Lipinski definition) is 10. The lowest BCUT2D eigenvalue weighted by molar-refractivity contribution is 0.0351. The van der Waals surface area contributed by atoms with Crippen molar-refractivity contribution in [3.8, 4) is 11.4 Å². The van der Waals surface area contributed by atoms with Crippen molar-refractivity contribution in [3.63, 3.8) is 0 Å². The van der Waals surface area contributed by atoms with Crippen molar-refractivity contribution in [2.24, 2.45) is 0 Å². The molecule has 1 aliphatic heterocycles. The molecule has 0 aromatic carbocycles. The normalized spacial score (nSPS) is 29.0. The Kier molecular flexibility index (Phi) is 9.10. The summed E-state index contributed by atoms with van der Waals surface area (Å²) in [6, 6.07) is 10.3. The predicted molar refractivity (Wildman–Crippen MR) is 133 cm³/mol. The monoisotopic (exact) mass is 542 g/mol. The van der Waals surface area contributed by atoms with Gasteiger partial charge in [0.05, 0.1) is 11.4 Å². The van der Waals surface area contributed by atoms with Crippen molar-refractivity contribution in [2.45, 2.75) is 45.5 Å². The van der Waals surface area contributed by atoms with Gasteiger partial charge in [-0.1, -0.05) is 6.07 Å². The molecule has 1 N–H and O–H groups in total. The summed E-state index contributed by atoms with van der Waals surface area (Å²) < 4.78 is 41.7. The summed E-state index contributed by atoms with van der Waals surface area (Å²) in [6.07, 6.45) is 5.06. The fraction of sp³-hybridized carbons (Fsp3) is 0.500. The standard InChI is InChI=1S/C20H34N2O8Si4/c1-7-26-34(29-32(5,25-3)28-33(6,30-34)27-31(4,23)24-2)16-10-11-18-13-15-22-20(17-18)19-12-8-9-14-21-19/h8-9,12-15,17,23H,7,10-11,16H2,1-6H3. The van der Waals surface area contributed by atoms with Gasteiger partial charge in [-0.15, -0.1) is 0 Å². The van der Waals surface area contributed by atoms with Crippen LogP contribution in [0.15, 0.2) is 42.7 Å².